The molecule has 0 aliphatic heterocycles. The Hall–Kier alpha value is -3.90. The zero-order chi connectivity index (χ0) is 26.2. The zero-order valence-electron chi connectivity index (χ0n) is 21.5. The topological polar surface area (TPSA) is 84.7 Å². The Bertz CT molecular complexity index is 1220. The van der Waals surface area contributed by atoms with E-state index in [0.717, 1.165) is 28.8 Å². The molecule has 0 aromatic heterocycles. The van der Waals surface area contributed by atoms with Crippen molar-refractivity contribution in [3.05, 3.63) is 102 Å². The van der Waals surface area contributed by atoms with Crippen LogP contribution in [-0.4, -0.2) is 44.0 Å². The number of rotatable bonds is 10. The fourth-order valence-electron chi connectivity index (χ4n) is 4.19. The number of amides is 1. The number of ether oxygens (including phenoxy) is 1. The summed E-state index contributed by atoms with van der Waals surface area (Å²) in [6, 6.07) is 23.0. The fraction of sp³-hybridized carbons (Fsp3) is 0.267. The van der Waals surface area contributed by atoms with E-state index in [-0.39, 0.29) is 11.9 Å². The molecule has 6 nitrogen and oxygen atoms in total. The molecule has 0 saturated carbocycles. The number of methoxy groups -OCH3 is 1. The Morgan fingerprint density at radius 1 is 0.944 bits per heavy atom. The predicted octanol–water partition coefficient (Wildman–Crippen LogP) is 4.49. The summed E-state index contributed by atoms with van der Waals surface area (Å²) >= 11 is 0. The Morgan fingerprint density at radius 3 is 2.25 bits per heavy atom. The summed E-state index contributed by atoms with van der Waals surface area (Å²) in [7, 11) is 5.44. The highest BCUT2D eigenvalue weighted by atomic mass is 16.5. The number of carbonyl (C=O) groups excluding carboxylic acids is 2. The molecular weight excluding hydrogens is 450 g/mol. The maximum Gasteiger partial charge on any atom is 0.311 e. The van der Waals surface area contributed by atoms with Gasteiger partial charge in [0.2, 0.25) is 0 Å². The van der Waals surface area contributed by atoms with Crippen molar-refractivity contribution < 1.29 is 14.3 Å². The van der Waals surface area contributed by atoms with Gasteiger partial charge in [0.15, 0.2) is 0 Å². The molecule has 0 fully saturated rings. The van der Waals surface area contributed by atoms with Crippen LogP contribution in [0.1, 0.15) is 34.0 Å². The van der Waals surface area contributed by atoms with Gasteiger partial charge in [0, 0.05) is 23.8 Å². The molecule has 2 unspecified atom stereocenters. The Balaban J connectivity index is 1.72. The third-order valence-corrected chi connectivity index (χ3v) is 6.13. The van der Waals surface area contributed by atoms with Crippen LogP contribution in [0.2, 0.25) is 0 Å². The Kier molecular flexibility index (Phi) is 9.03. The molecule has 1 amide bonds. The highest BCUT2D eigenvalue weighted by molar-refractivity contribution is 5.95. The highest BCUT2D eigenvalue weighted by Gasteiger charge is 2.28. The predicted molar refractivity (Wildman–Crippen MR) is 145 cm³/mol. The summed E-state index contributed by atoms with van der Waals surface area (Å²) in [5.41, 5.74) is 11.9. The van der Waals surface area contributed by atoms with Gasteiger partial charge in [-0.15, -0.1) is 0 Å². The molecule has 3 rings (SSSR count). The van der Waals surface area contributed by atoms with E-state index in [1.165, 1.54) is 12.7 Å². The number of nitrogens with one attached hydrogen (secondary N) is 1. The summed E-state index contributed by atoms with van der Waals surface area (Å²) in [6.07, 6.45) is 0.400. The van der Waals surface area contributed by atoms with Crippen molar-refractivity contribution in [3.8, 4) is 11.1 Å². The largest absolute Gasteiger partial charge is 0.469 e. The molecule has 2 atom stereocenters. The maximum absolute atomic E-state index is 13.0. The number of nitrogens with zero attached hydrogens (tertiary/aromatic N) is 1. The quantitative estimate of drug-likeness (QED) is 0.413. The molecule has 3 N–H and O–H groups in total. The number of carbonyl (C=O) groups is 2. The van der Waals surface area contributed by atoms with Gasteiger partial charge in [0.05, 0.1) is 13.0 Å². The van der Waals surface area contributed by atoms with Crippen molar-refractivity contribution in [1.29, 1.82) is 0 Å². The standard InChI is InChI=1S/C30H35N3O3/c1-20(31)26-10-6-8-22(16-26)18-28(30(35)36-5)21(2)32-29(34)25-14-12-24(13-15-25)27-11-7-9-23(17-27)19-33(3)4/h6-17,21,28H,1,18-19,31H2,2-5H3,(H,32,34). The number of hydrogen-bond donors (Lipinski definition) is 2. The molecule has 3 aromatic rings. The van der Waals surface area contributed by atoms with Gasteiger partial charge in [-0.2, -0.15) is 0 Å². The minimum atomic E-state index is -0.557. The maximum atomic E-state index is 13.0. The van der Waals surface area contributed by atoms with E-state index in [9.17, 15) is 9.59 Å². The Labute approximate surface area is 213 Å². The number of hydrogen-bond acceptors (Lipinski definition) is 5. The van der Waals surface area contributed by atoms with E-state index >= 15 is 0 Å². The summed E-state index contributed by atoms with van der Waals surface area (Å²) < 4.78 is 5.03. The first-order valence-electron chi connectivity index (χ1n) is 11.9. The lowest BCUT2D eigenvalue weighted by molar-refractivity contribution is -0.146. The average Bonchev–Trinajstić information content (AvgIpc) is 2.86. The van der Waals surface area contributed by atoms with Crippen molar-refractivity contribution >= 4 is 17.6 Å². The van der Waals surface area contributed by atoms with Gasteiger partial charge < -0.3 is 20.7 Å². The molecule has 0 radical (unpaired) electrons. The molecular formula is C30H35N3O3. The molecule has 188 valence electrons. The normalized spacial score (nSPS) is 12.6. The van der Waals surface area contributed by atoms with E-state index in [1.807, 2.05) is 63.5 Å². The van der Waals surface area contributed by atoms with Crippen molar-refractivity contribution in [2.45, 2.75) is 25.9 Å². The van der Waals surface area contributed by atoms with Gasteiger partial charge in [-0.1, -0.05) is 55.1 Å². The van der Waals surface area contributed by atoms with Crippen molar-refractivity contribution in [2.24, 2.45) is 11.7 Å². The molecule has 0 aliphatic rings. The number of nitrogens with two attached hydrogens (primary N) is 1. The van der Waals surface area contributed by atoms with Gasteiger partial charge >= 0.3 is 5.97 Å². The third kappa shape index (κ3) is 7.06. The first kappa shape index (κ1) is 26.7. The first-order valence-corrected chi connectivity index (χ1v) is 11.9. The van der Waals surface area contributed by atoms with Crippen LogP contribution in [0.15, 0.2) is 79.4 Å². The van der Waals surface area contributed by atoms with Crippen LogP contribution >= 0.6 is 0 Å². The van der Waals surface area contributed by atoms with Crippen LogP contribution in [0, 0.1) is 5.92 Å². The van der Waals surface area contributed by atoms with Crippen LogP contribution in [-0.2, 0) is 22.5 Å². The zero-order valence-corrected chi connectivity index (χ0v) is 21.5. The van der Waals surface area contributed by atoms with Crippen LogP contribution < -0.4 is 11.1 Å². The Morgan fingerprint density at radius 2 is 1.61 bits per heavy atom. The van der Waals surface area contributed by atoms with Crippen molar-refractivity contribution in [3.63, 3.8) is 0 Å². The number of benzene rings is 3. The van der Waals surface area contributed by atoms with Gasteiger partial charge in [0.25, 0.3) is 5.91 Å². The smallest absolute Gasteiger partial charge is 0.311 e. The van der Waals surface area contributed by atoms with Crippen molar-refractivity contribution in [2.75, 3.05) is 21.2 Å². The minimum Gasteiger partial charge on any atom is -0.469 e. The lowest BCUT2D eigenvalue weighted by atomic mass is 9.91. The summed E-state index contributed by atoms with van der Waals surface area (Å²) in [4.78, 5) is 27.7. The third-order valence-electron chi connectivity index (χ3n) is 6.13. The summed E-state index contributed by atoms with van der Waals surface area (Å²) in [5.74, 6) is -1.18. The minimum absolute atomic E-state index is 0.242. The van der Waals surface area contributed by atoms with E-state index < -0.39 is 12.0 Å². The van der Waals surface area contributed by atoms with Gasteiger partial charge in [0.1, 0.15) is 0 Å². The summed E-state index contributed by atoms with van der Waals surface area (Å²) in [5, 5.41) is 2.97. The van der Waals surface area contributed by atoms with Crippen LogP contribution in [0.4, 0.5) is 0 Å². The van der Waals surface area contributed by atoms with E-state index in [1.54, 1.807) is 12.1 Å². The SMILES string of the molecule is C=C(N)c1cccc(CC(C(=O)OC)C(C)NC(=O)c2ccc(-c3cccc(CN(C)C)c3)cc2)c1. The van der Waals surface area contributed by atoms with Crippen LogP contribution in [0.3, 0.4) is 0 Å². The second-order valence-electron chi connectivity index (χ2n) is 9.34. The lowest BCUT2D eigenvalue weighted by Crippen LogP contribution is -2.42. The molecule has 6 heteroatoms. The highest BCUT2D eigenvalue weighted by Crippen LogP contribution is 2.22. The molecule has 0 spiro atoms. The number of esters is 1. The molecule has 0 saturated heterocycles. The van der Waals surface area contributed by atoms with Gasteiger partial charge in [-0.05, 0) is 79.5 Å². The van der Waals surface area contributed by atoms with Gasteiger partial charge in [-0.25, -0.2) is 0 Å². The van der Waals surface area contributed by atoms with E-state index in [4.69, 9.17) is 10.5 Å². The second-order valence-corrected chi connectivity index (χ2v) is 9.34. The van der Waals surface area contributed by atoms with E-state index in [0.29, 0.717) is 17.7 Å². The lowest BCUT2D eigenvalue weighted by Gasteiger charge is -2.23. The summed E-state index contributed by atoms with van der Waals surface area (Å²) in [6.45, 7) is 6.45. The van der Waals surface area contributed by atoms with Crippen molar-refractivity contribution in [1.82, 2.24) is 10.2 Å². The molecule has 3 aromatic carbocycles. The second kappa shape index (κ2) is 12.2. The molecule has 0 bridgehead atoms. The van der Waals surface area contributed by atoms with Crippen LogP contribution in [0.25, 0.3) is 16.8 Å². The van der Waals surface area contributed by atoms with Gasteiger partial charge in [-0.3, -0.25) is 9.59 Å². The first-order chi connectivity index (χ1) is 17.2. The monoisotopic (exact) mass is 485 g/mol. The fourth-order valence-corrected chi connectivity index (χ4v) is 4.19. The molecule has 36 heavy (non-hydrogen) atoms. The average molecular weight is 486 g/mol. The molecule has 0 heterocycles. The van der Waals surface area contributed by atoms with Crippen LogP contribution in [0.5, 0.6) is 0 Å². The molecule has 0 aliphatic carbocycles. The van der Waals surface area contributed by atoms with E-state index in [2.05, 4.69) is 35.0 Å².